The third-order valence-electron chi connectivity index (χ3n) is 4.36. The highest BCUT2D eigenvalue weighted by Crippen LogP contribution is 2.34. The van der Waals surface area contributed by atoms with Gasteiger partial charge in [0.05, 0.1) is 0 Å². The van der Waals surface area contributed by atoms with Gasteiger partial charge in [0.1, 0.15) is 5.01 Å². The molecule has 1 unspecified atom stereocenters. The number of aromatic nitrogens is 2. The highest BCUT2D eigenvalue weighted by Gasteiger charge is 2.38. The Balaban J connectivity index is 1.79. The second-order valence-electron chi connectivity index (χ2n) is 7.84. The number of anilines is 1. The summed E-state index contributed by atoms with van der Waals surface area (Å²) >= 11 is 8.29. The first-order valence-electron chi connectivity index (χ1n) is 9.09. The summed E-state index contributed by atoms with van der Waals surface area (Å²) in [5.41, 5.74) is 0.698. The summed E-state index contributed by atoms with van der Waals surface area (Å²) in [5, 5.41) is 9.78. The lowest BCUT2D eigenvalue weighted by Crippen LogP contribution is -2.54. The molecule has 1 aromatic heterocycles. The van der Waals surface area contributed by atoms with Crippen molar-refractivity contribution in [1.29, 1.82) is 0 Å². The molecule has 1 fully saturated rings. The maximum Gasteiger partial charge on any atom is 0.374 e. The van der Waals surface area contributed by atoms with Crippen LogP contribution in [-0.4, -0.2) is 46.3 Å². The lowest BCUT2D eigenvalue weighted by atomic mass is 9.98. The highest BCUT2D eigenvalue weighted by atomic mass is 35.5. The number of urea groups is 1. The molecule has 0 N–H and O–H groups in total. The van der Waals surface area contributed by atoms with Gasteiger partial charge >= 0.3 is 11.3 Å². The molecule has 29 heavy (non-hydrogen) atoms. The van der Waals surface area contributed by atoms with Gasteiger partial charge in [0.25, 0.3) is 0 Å². The van der Waals surface area contributed by atoms with Crippen LogP contribution in [0.2, 0.25) is 5.02 Å². The molecule has 156 valence electrons. The summed E-state index contributed by atoms with van der Waals surface area (Å²) < 4.78 is 5.67. The minimum Gasteiger partial charge on any atom is -0.433 e. The zero-order chi connectivity index (χ0) is 21.3. The molecule has 2 amide bonds. The topological polar surface area (TPSA) is 75.6 Å². The van der Waals surface area contributed by atoms with Crippen LogP contribution in [0.4, 0.5) is 14.7 Å². The van der Waals surface area contributed by atoms with Crippen molar-refractivity contribution in [2.45, 2.75) is 50.7 Å². The number of carbonyl (C=O) groups is 2. The third kappa shape index (κ3) is 5.02. The van der Waals surface area contributed by atoms with Crippen molar-refractivity contribution >= 4 is 51.2 Å². The largest absolute Gasteiger partial charge is 0.433 e. The van der Waals surface area contributed by atoms with Crippen LogP contribution in [0.3, 0.4) is 0 Å². The van der Waals surface area contributed by atoms with Gasteiger partial charge in [-0.15, -0.1) is 10.2 Å². The van der Waals surface area contributed by atoms with Crippen molar-refractivity contribution in [2.24, 2.45) is 0 Å². The van der Waals surface area contributed by atoms with Crippen LogP contribution in [0.15, 0.2) is 23.1 Å². The molecule has 2 heterocycles. The number of rotatable bonds is 3. The van der Waals surface area contributed by atoms with Gasteiger partial charge in [-0.1, -0.05) is 43.7 Å². The fourth-order valence-electron chi connectivity index (χ4n) is 2.72. The number of amides is 2. The van der Waals surface area contributed by atoms with Gasteiger partial charge in [-0.3, -0.25) is 0 Å². The number of benzene rings is 1. The van der Waals surface area contributed by atoms with Crippen molar-refractivity contribution in [3.63, 3.8) is 0 Å². The Labute approximate surface area is 183 Å². The van der Waals surface area contributed by atoms with E-state index >= 15 is 0 Å². The molecule has 1 aromatic carbocycles. The van der Waals surface area contributed by atoms with Crippen molar-refractivity contribution in [2.75, 3.05) is 18.5 Å². The summed E-state index contributed by atoms with van der Waals surface area (Å²) in [6, 6.07) is 5.03. The van der Waals surface area contributed by atoms with Crippen LogP contribution in [0.25, 0.3) is 0 Å². The molecule has 1 saturated heterocycles. The second-order valence-corrected chi connectivity index (χ2v) is 10.2. The van der Waals surface area contributed by atoms with E-state index in [1.165, 1.54) is 16.2 Å². The molecular weight excluding hydrogens is 432 g/mol. The van der Waals surface area contributed by atoms with Crippen LogP contribution in [0.1, 0.15) is 37.8 Å². The zero-order valence-electron chi connectivity index (χ0n) is 16.9. The molecule has 0 spiro atoms. The molecule has 1 aliphatic heterocycles. The Kier molecular flexibility index (Phi) is 6.40. The van der Waals surface area contributed by atoms with Crippen LogP contribution in [0, 0.1) is 6.92 Å². The van der Waals surface area contributed by atoms with E-state index in [1.807, 2.05) is 27.7 Å². The van der Waals surface area contributed by atoms with E-state index in [4.69, 9.17) is 16.3 Å². The average Bonchev–Trinajstić information content (AvgIpc) is 3.11. The van der Waals surface area contributed by atoms with Crippen molar-refractivity contribution in [1.82, 2.24) is 15.1 Å². The molecule has 0 aliphatic carbocycles. The predicted molar refractivity (Wildman–Crippen MR) is 116 cm³/mol. The number of halogens is 1. The maximum absolute atomic E-state index is 12.8. The fourth-order valence-corrected chi connectivity index (χ4v) is 4.58. The molecular formula is C19H23ClN4O3S2. The summed E-state index contributed by atoms with van der Waals surface area (Å²) in [4.78, 5) is 29.1. The number of thioether (sulfide) groups is 1. The first kappa shape index (κ1) is 21.9. The maximum atomic E-state index is 12.8. The first-order chi connectivity index (χ1) is 13.6. The number of hydrogen-bond donors (Lipinski definition) is 0. The Morgan fingerprint density at radius 2 is 2.07 bits per heavy atom. The van der Waals surface area contributed by atoms with Gasteiger partial charge in [0.15, 0.2) is 6.23 Å². The minimum atomic E-state index is -0.730. The standard InChI is InChI=1S/C19H23ClN4O3S2/c1-11-10-12(20)6-7-13(11)28-18(26)27-14-8-9-23(5)17(25)24(14)16-22-21-15(29-16)19(2,3)4/h6-7,10,14H,8-9H2,1-5H3. The molecule has 2 aromatic rings. The normalized spacial score (nSPS) is 17.6. The Morgan fingerprint density at radius 1 is 1.34 bits per heavy atom. The van der Waals surface area contributed by atoms with Crippen LogP contribution in [0.5, 0.6) is 0 Å². The van der Waals surface area contributed by atoms with Gasteiger partial charge < -0.3 is 9.64 Å². The van der Waals surface area contributed by atoms with E-state index in [0.717, 1.165) is 27.2 Å². The van der Waals surface area contributed by atoms with E-state index in [9.17, 15) is 9.59 Å². The average molecular weight is 455 g/mol. The Bertz CT molecular complexity index is 928. The molecule has 0 saturated carbocycles. The van der Waals surface area contributed by atoms with Gasteiger partial charge in [0, 0.05) is 35.3 Å². The lowest BCUT2D eigenvalue weighted by Gasteiger charge is -2.37. The lowest BCUT2D eigenvalue weighted by molar-refractivity contribution is 0.0927. The SMILES string of the molecule is Cc1cc(Cl)ccc1SC(=O)OC1CCN(C)C(=O)N1c1nnc(C(C)(C)C)s1. The zero-order valence-corrected chi connectivity index (χ0v) is 19.3. The van der Waals surface area contributed by atoms with Gasteiger partial charge in [0.2, 0.25) is 5.13 Å². The monoisotopic (exact) mass is 454 g/mol. The number of aryl methyl sites for hydroxylation is 1. The molecule has 10 heteroatoms. The molecule has 1 aliphatic rings. The first-order valence-corrected chi connectivity index (χ1v) is 11.1. The van der Waals surface area contributed by atoms with E-state index in [1.54, 1.807) is 30.1 Å². The van der Waals surface area contributed by atoms with E-state index in [-0.39, 0.29) is 11.4 Å². The summed E-state index contributed by atoms with van der Waals surface area (Å²) in [7, 11) is 1.71. The van der Waals surface area contributed by atoms with Crippen LogP contribution in [-0.2, 0) is 10.2 Å². The van der Waals surface area contributed by atoms with E-state index in [0.29, 0.717) is 23.1 Å². The number of nitrogens with zero attached hydrogens (tertiary/aromatic N) is 4. The van der Waals surface area contributed by atoms with Gasteiger partial charge in [-0.05, 0) is 42.4 Å². The smallest absolute Gasteiger partial charge is 0.374 e. The Hall–Kier alpha value is -1.84. The molecule has 1 atom stereocenters. The molecule has 0 bridgehead atoms. The predicted octanol–water partition coefficient (Wildman–Crippen LogP) is 5.31. The number of ether oxygens (including phenoxy) is 1. The molecule has 0 radical (unpaired) electrons. The summed E-state index contributed by atoms with van der Waals surface area (Å²) in [6.07, 6.45) is -0.245. The third-order valence-corrected chi connectivity index (χ3v) is 6.88. The van der Waals surface area contributed by atoms with Crippen molar-refractivity contribution < 1.29 is 14.3 Å². The van der Waals surface area contributed by atoms with Gasteiger partial charge in [-0.25, -0.2) is 14.5 Å². The fraction of sp³-hybridized carbons (Fsp3) is 0.474. The quantitative estimate of drug-likeness (QED) is 0.461. The number of hydrogen-bond acceptors (Lipinski definition) is 7. The van der Waals surface area contributed by atoms with E-state index in [2.05, 4.69) is 10.2 Å². The number of carbonyl (C=O) groups excluding carboxylic acids is 2. The summed E-state index contributed by atoms with van der Waals surface area (Å²) in [6.45, 7) is 8.46. The van der Waals surface area contributed by atoms with Crippen molar-refractivity contribution in [3.8, 4) is 0 Å². The minimum absolute atomic E-state index is 0.186. The highest BCUT2D eigenvalue weighted by molar-refractivity contribution is 8.13. The molecule has 3 rings (SSSR count). The second kappa shape index (κ2) is 8.49. The summed E-state index contributed by atoms with van der Waals surface area (Å²) in [5.74, 6) is 0. The van der Waals surface area contributed by atoms with Gasteiger partial charge in [-0.2, -0.15) is 0 Å². The van der Waals surface area contributed by atoms with E-state index < -0.39 is 11.5 Å². The molecule has 7 nitrogen and oxygen atoms in total. The van der Waals surface area contributed by atoms with Crippen molar-refractivity contribution in [3.05, 3.63) is 33.8 Å². The Morgan fingerprint density at radius 3 is 2.69 bits per heavy atom. The van der Waals surface area contributed by atoms with Crippen LogP contribution < -0.4 is 4.90 Å². The van der Waals surface area contributed by atoms with Crippen LogP contribution >= 0.6 is 34.7 Å².